The Morgan fingerprint density at radius 2 is 1.53 bits per heavy atom. The standard InChI is InChI=1S/C22H42N4O6/c1-9-10-11-15(26-21(31)32-22(5,6)7)17(27)20(30)24-14(4)18(28)25-16(12-13(2)3)19(29)23-8/h13-17,27H,9-12H2,1-8H3,(H,23,29)(H,24,30)(H,25,28)(H,26,31)/t14-,15+,16-,17-/m0/s1. The number of aliphatic hydroxyl groups is 1. The van der Waals surface area contributed by atoms with Crippen molar-refractivity contribution in [2.24, 2.45) is 5.92 Å². The number of hydrogen-bond acceptors (Lipinski definition) is 6. The lowest BCUT2D eigenvalue weighted by Gasteiger charge is -2.27. The van der Waals surface area contributed by atoms with Crippen molar-refractivity contribution in [1.82, 2.24) is 21.3 Å². The molecule has 0 radical (unpaired) electrons. The largest absolute Gasteiger partial charge is 0.444 e. The second-order valence-corrected chi connectivity index (χ2v) is 9.38. The van der Waals surface area contributed by atoms with E-state index in [0.717, 1.165) is 6.42 Å². The van der Waals surface area contributed by atoms with Crippen LogP contribution in [-0.2, 0) is 19.1 Å². The highest BCUT2D eigenvalue weighted by molar-refractivity contribution is 5.92. The molecule has 5 N–H and O–H groups in total. The maximum absolute atomic E-state index is 12.6. The first-order valence-electron chi connectivity index (χ1n) is 11.2. The molecule has 10 nitrogen and oxygen atoms in total. The predicted octanol–water partition coefficient (Wildman–Crippen LogP) is 1.21. The number of nitrogens with one attached hydrogen (secondary N) is 4. The van der Waals surface area contributed by atoms with Crippen LogP contribution in [0.3, 0.4) is 0 Å². The molecule has 0 spiro atoms. The Bertz CT molecular complexity index is 632. The van der Waals surface area contributed by atoms with Crippen molar-refractivity contribution in [2.45, 2.75) is 104 Å². The van der Waals surface area contributed by atoms with Gasteiger partial charge < -0.3 is 31.1 Å². The first-order chi connectivity index (χ1) is 14.7. The van der Waals surface area contributed by atoms with Crippen LogP contribution in [-0.4, -0.2) is 65.8 Å². The van der Waals surface area contributed by atoms with E-state index in [4.69, 9.17) is 4.74 Å². The van der Waals surface area contributed by atoms with Gasteiger partial charge in [-0.15, -0.1) is 0 Å². The van der Waals surface area contributed by atoms with Crippen LogP contribution in [0.4, 0.5) is 4.79 Å². The number of carbonyl (C=O) groups excluding carboxylic acids is 4. The number of ether oxygens (including phenoxy) is 1. The number of alkyl carbamates (subject to hydrolysis) is 1. The van der Waals surface area contributed by atoms with E-state index in [1.165, 1.54) is 14.0 Å². The maximum atomic E-state index is 12.6. The van der Waals surface area contributed by atoms with Crippen molar-refractivity contribution in [1.29, 1.82) is 0 Å². The molecule has 186 valence electrons. The molecule has 0 heterocycles. The molecule has 0 fully saturated rings. The average molecular weight is 459 g/mol. The van der Waals surface area contributed by atoms with E-state index < -0.39 is 47.7 Å². The molecule has 0 aromatic rings. The zero-order valence-corrected chi connectivity index (χ0v) is 20.7. The fourth-order valence-electron chi connectivity index (χ4n) is 2.91. The van der Waals surface area contributed by atoms with Gasteiger partial charge in [0.1, 0.15) is 17.7 Å². The van der Waals surface area contributed by atoms with Crippen molar-refractivity contribution < 1.29 is 29.0 Å². The van der Waals surface area contributed by atoms with Gasteiger partial charge in [0, 0.05) is 7.05 Å². The highest BCUT2D eigenvalue weighted by Crippen LogP contribution is 2.11. The molecule has 0 aliphatic heterocycles. The zero-order chi connectivity index (χ0) is 25.1. The molecule has 0 saturated heterocycles. The molecule has 4 atom stereocenters. The van der Waals surface area contributed by atoms with Crippen molar-refractivity contribution in [2.75, 3.05) is 7.05 Å². The van der Waals surface area contributed by atoms with E-state index in [0.29, 0.717) is 19.3 Å². The molecule has 0 bridgehead atoms. The fourth-order valence-corrected chi connectivity index (χ4v) is 2.91. The SMILES string of the molecule is CCCC[C@@H](NC(=O)OC(C)(C)C)[C@H](O)C(=O)N[C@@H](C)C(=O)N[C@@H](CC(C)C)C(=O)NC. The molecule has 0 aromatic carbocycles. The van der Waals surface area contributed by atoms with Crippen LogP contribution >= 0.6 is 0 Å². The summed E-state index contributed by atoms with van der Waals surface area (Å²) >= 11 is 0. The number of rotatable bonds is 12. The topological polar surface area (TPSA) is 146 Å². The number of likely N-dealkylation sites (N-methyl/N-ethyl adjacent to an activating group) is 1. The lowest BCUT2D eigenvalue weighted by atomic mass is 10.0. The van der Waals surface area contributed by atoms with Crippen LogP contribution in [0.25, 0.3) is 0 Å². The van der Waals surface area contributed by atoms with Gasteiger partial charge in [-0.25, -0.2) is 4.79 Å². The number of carbonyl (C=O) groups is 4. The van der Waals surface area contributed by atoms with Crippen LogP contribution in [0.5, 0.6) is 0 Å². The minimum absolute atomic E-state index is 0.169. The van der Waals surface area contributed by atoms with E-state index in [9.17, 15) is 24.3 Å². The molecule has 0 rings (SSSR count). The van der Waals surface area contributed by atoms with Crippen LogP contribution in [0.1, 0.15) is 74.1 Å². The summed E-state index contributed by atoms with van der Waals surface area (Å²) in [4.78, 5) is 49.2. The summed E-state index contributed by atoms with van der Waals surface area (Å²) in [5.41, 5.74) is -0.726. The van der Waals surface area contributed by atoms with E-state index >= 15 is 0 Å². The Morgan fingerprint density at radius 1 is 0.938 bits per heavy atom. The van der Waals surface area contributed by atoms with Gasteiger partial charge in [0.25, 0.3) is 5.91 Å². The molecule has 32 heavy (non-hydrogen) atoms. The van der Waals surface area contributed by atoms with E-state index in [1.54, 1.807) is 20.8 Å². The van der Waals surface area contributed by atoms with Crippen molar-refractivity contribution in [3.05, 3.63) is 0 Å². The first kappa shape index (κ1) is 29.6. The normalized spacial score (nSPS) is 15.2. The van der Waals surface area contributed by atoms with Crippen LogP contribution < -0.4 is 21.3 Å². The lowest BCUT2D eigenvalue weighted by molar-refractivity contribution is -0.135. The van der Waals surface area contributed by atoms with E-state index in [2.05, 4.69) is 21.3 Å². The van der Waals surface area contributed by atoms with Gasteiger partial charge >= 0.3 is 6.09 Å². The Kier molecular flexibility index (Phi) is 12.9. The molecule has 0 saturated carbocycles. The van der Waals surface area contributed by atoms with Crippen molar-refractivity contribution >= 4 is 23.8 Å². The highest BCUT2D eigenvalue weighted by Gasteiger charge is 2.31. The molecule has 0 aliphatic carbocycles. The van der Waals surface area contributed by atoms with Crippen molar-refractivity contribution in [3.8, 4) is 0 Å². The summed E-state index contributed by atoms with van der Waals surface area (Å²) in [6, 6.07) is -2.60. The number of hydrogen-bond donors (Lipinski definition) is 5. The Balaban J connectivity index is 5.10. The smallest absolute Gasteiger partial charge is 0.407 e. The molecule has 10 heteroatoms. The summed E-state index contributed by atoms with van der Waals surface area (Å²) < 4.78 is 5.21. The predicted molar refractivity (Wildman–Crippen MR) is 122 cm³/mol. The van der Waals surface area contributed by atoms with Crippen molar-refractivity contribution in [3.63, 3.8) is 0 Å². The molecular formula is C22H42N4O6. The highest BCUT2D eigenvalue weighted by atomic mass is 16.6. The van der Waals surface area contributed by atoms with Crippen LogP contribution in [0.2, 0.25) is 0 Å². The summed E-state index contributed by atoms with van der Waals surface area (Å²) in [6.07, 6.45) is -0.0423. The lowest BCUT2D eigenvalue weighted by Crippen LogP contribution is -2.56. The van der Waals surface area contributed by atoms with Gasteiger partial charge in [-0.1, -0.05) is 33.6 Å². The molecule has 0 aliphatic rings. The third-order valence-electron chi connectivity index (χ3n) is 4.56. The van der Waals surface area contributed by atoms with Gasteiger partial charge in [-0.05, 0) is 46.5 Å². The Morgan fingerprint density at radius 3 is 2.00 bits per heavy atom. The van der Waals surface area contributed by atoms with Crippen LogP contribution in [0, 0.1) is 5.92 Å². The third kappa shape index (κ3) is 11.9. The molecule has 0 aromatic heterocycles. The molecule has 4 amide bonds. The van der Waals surface area contributed by atoms with Gasteiger partial charge in [0.05, 0.1) is 6.04 Å². The monoisotopic (exact) mass is 458 g/mol. The van der Waals surface area contributed by atoms with Gasteiger partial charge in [0.2, 0.25) is 11.8 Å². The first-order valence-corrected chi connectivity index (χ1v) is 11.2. The quantitative estimate of drug-likeness (QED) is 0.297. The number of amides is 4. The Hall–Kier alpha value is -2.36. The zero-order valence-electron chi connectivity index (χ0n) is 20.7. The fraction of sp³-hybridized carbons (Fsp3) is 0.818. The summed E-state index contributed by atoms with van der Waals surface area (Å²) in [5.74, 6) is -1.51. The third-order valence-corrected chi connectivity index (χ3v) is 4.56. The summed E-state index contributed by atoms with van der Waals surface area (Å²) in [7, 11) is 1.48. The van der Waals surface area contributed by atoms with Gasteiger partial charge in [0.15, 0.2) is 6.10 Å². The number of unbranched alkanes of at least 4 members (excludes halogenated alkanes) is 1. The second kappa shape index (κ2) is 13.9. The average Bonchev–Trinajstić information content (AvgIpc) is 2.67. The number of aliphatic hydroxyl groups excluding tert-OH is 1. The summed E-state index contributed by atoms with van der Waals surface area (Å²) in [5, 5.41) is 20.7. The Labute approximate surface area is 191 Å². The molecule has 0 unspecified atom stereocenters. The molecular weight excluding hydrogens is 416 g/mol. The van der Waals surface area contributed by atoms with Gasteiger partial charge in [-0.2, -0.15) is 0 Å². The minimum Gasteiger partial charge on any atom is -0.444 e. The second-order valence-electron chi connectivity index (χ2n) is 9.38. The minimum atomic E-state index is -1.57. The summed E-state index contributed by atoms with van der Waals surface area (Å²) in [6.45, 7) is 12.4. The van der Waals surface area contributed by atoms with Gasteiger partial charge in [-0.3, -0.25) is 14.4 Å². The van der Waals surface area contributed by atoms with Crippen LogP contribution in [0.15, 0.2) is 0 Å². The van der Waals surface area contributed by atoms with E-state index in [-0.39, 0.29) is 11.8 Å². The maximum Gasteiger partial charge on any atom is 0.407 e. The van der Waals surface area contributed by atoms with E-state index in [1.807, 2.05) is 20.8 Å².